The largest absolute Gasteiger partial charge is 0.386 e. The average Bonchev–Trinajstić information content (AvgIpc) is 2.78. The lowest BCUT2D eigenvalue weighted by Gasteiger charge is -2.25. The topological polar surface area (TPSA) is 39.3 Å². The SMILES string of the molecule is C=C(CN(C)C)C(=C)Nc1ccc(CN/C=C2\C(=C)NC(=C)c3ccc(C)cc32)cc1C.CC. The molecule has 2 aromatic carbocycles. The molecule has 2 aromatic rings. The Morgan fingerprint density at radius 1 is 0.971 bits per heavy atom. The Kier molecular flexibility index (Phi) is 9.52. The van der Waals surface area contributed by atoms with Gasteiger partial charge in [0.15, 0.2) is 0 Å². The third-order valence-electron chi connectivity index (χ3n) is 5.48. The van der Waals surface area contributed by atoms with Crippen LogP contribution in [0.15, 0.2) is 85.9 Å². The standard InChI is InChI=1S/C28H34N4.C2H6/c1-18-9-11-25-22(5)30-23(6)27(26(25)13-18)16-29-15-24-10-12-28(19(2)14-24)31-21(4)20(3)17-32(7)8;1-2/h9-14,16,29-31H,3-6,15,17H2,1-2,7-8H3;1-2H3/b27-16+;. The Labute approximate surface area is 206 Å². The molecule has 180 valence electrons. The number of fused-ring (bicyclic) bond motifs is 1. The van der Waals surface area contributed by atoms with Gasteiger partial charge in [-0.3, -0.25) is 0 Å². The zero-order chi connectivity index (χ0) is 25.4. The molecule has 34 heavy (non-hydrogen) atoms. The maximum atomic E-state index is 4.18. The van der Waals surface area contributed by atoms with E-state index in [4.69, 9.17) is 0 Å². The normalized spacial score (nSPS) is 13.6. The predicted octanol–water partition coefficient (Wildman–Crippen LogP) is 6.59. The molecule has 0 saturated heterocycles. The highest BCUT2D eigenvalue weighted by atomic mass is 15.1. The van der Waals surface area contributed by atoms with Gasteiger partial charge in [0.1, 0.15) is 0 Å². The first-order valence-electron chi connectivity index (χ1n) is 11.7. The summed E-state index contributed by atoms with van der Waals surface area (Å²) in [5, 5.41) is 10.1. The van der Waals surface area contributed by atoms with Crippen LogP contribution in [0.3, 0.4) is 0 Å². The number of aryl methyl sites for hydroxylation is 2. The van der Waals surface area contributed by atoms with Gasteiger partial charge in [0.25, 0.3) is 0 Å². The first-order valence-corrected chi connectivity index (χ1v) is 11.7. The molecule has 1 aliphatic rings. The van der Waals surface area contributed by atoms with E-state index < -0.39 is 0 Å². The molecule has 0 saturated carbocycles. The third-order valence-corrected chi connectivity index (χ3v) is 5.48. The second kappa shape index (κ2) is 12.1. The van der Waals surface area contributed by atoms with Crippen molar-refractivity contribution >= 4 is 17.0 Å². The van der Waals surface area contributed by atoms with Gasteiger partial charge >= 0.3 is 0 Å². The Morgan fingerprint density at radius 2 is 1.68 bits per heavy atom. The molecule has 0 fully saturated rings. The number of nitrogens with zero attached hydrogens (tertiary/aromatic N) is 1. The molecular formula is C30H40N4. The van der Waals surface area contributed by atoms with Crippen molar-refractivity contribution in [2.45, 2.75) is 34.2 Å². The summed E-state index contributed by atoms with van der Waals surface area (Å²) in [6, 6.07) is 12.8. The molecule has 0 bridgehead atoms. The van der Waals surface area contributed by atoms with Gasteiger partial charge < -0.3 is 20.9 Å². The smallest absolute Gasteiger partial charge is 0.0414 e. The van der Waals surface area contributed by atoms with Crippen molar-refractivity contribution in [3.05, 3.63) is 114 Å². The Hall–Kier alpha value is -3.50. The first-order chi connectivity index (χ1) is 16.2. The van der Waals surface area contributed by atoms with Gasteiger partial charge in [-0.15, -0.1) is 0 Å². The lowest BCUT2D eigenvalue weighted by atomic mass is 9.91. The summed E-state index contributed by atoms with van der Waals surface area (Å²) in [7, 11) is 4.05. The number of rotatable bonds is 8. The Balaban J connectivity index is 0.00000199. The summed E-state index contributed by atoms with van der Waals surface area (Å²) in [5.74, 6) is 0. The van der Waals surface area contributed by atoms with Crippen molar-refractivity contribution in [2.24, 2.45) is 0 Å². The van der Waals surface area contributed by atoms with Gasteiger partial charge in [0.2, 0.25) is 0 Å². The molecule has 0 aliphatic carbocycles. The molecule has 0 spiro atoms. The maximum absolute atomic E-state index is 4.18. The van der Waals surface area contributed by atoms with Crippen LogP contribution in [0.5, 0.6) is 0 Å². The summed E-state index contributed by atoms with van der Waals surface area (Å²) in [6.45, 7) is 26.2. The van der Waals surface area contributed by atoms with E-state index in [9.17, 15) is 0 Å². The number of nitrogens with one attached hydrogen (secondary N) is 3. The summed E-state index contributed by atoms with van der Waals surface area (Å²) in [6.07, 6.45) is 2.04. The van der Waals surface area contributed by atoms with Gasteiger partial charge in [-0.25, -0.2) is 0 Å². The van der Waals surface area contributed by atoms with Gasteiger partial charge in [-0.1, -0.05) is 76.1 Å². The Bertz CT molecular complexity index is 1120. The highest BCUT2D eigenvalue weighted by Gasteiger charge is 2.19. The van der Waals surface area contributed by atoms with E-state index in [2.05, 4.69) is 97.4 Å². The lowest BCUT2D eigenvalue weighted by molar-refractivity contribution is 0.448. The molecule has 0 atom stereocenters. The van der Waals surface area contributed by atoms with Crippen molar-refractivity contribution in [1.29, 1.82) is 0 Å². The average molecular weight is 457 g/mol. The van der Waals surface area contributed by atoms with E-state index in [1.165, 1.54) is 11.1 Å². The van der Waals surface area contributed by atoms with Crippen LogP contribution in [-0.4, -0.2) is 25.5 Å². The highest BCUT2D eigenvalue weighted by molar-refractivity contribution is 5.91. The summed E-state index contributed by atoms with van der Waals surface area (Å²) < 4.78 is 0. The number of hydrogen-bond donors (Lipinski definition) is 3. The van der Waals surface area contributed by atoms with Crippen LogP contribution in [0.2, 0.25) is 0 Å². The molecule has 4 heteroatoms. The van der Waals surface area contributed by atoms with E-state index >= 15 is 0 Å². The van der Waals surface area contributed by atoms with Crippen LogP contribution in [0.1, 0.15) is 41.7 Å². The number of benzene rings is 2. The minimum Gasteiger partial charge on any atom is -0.386 e. The lowest BCUT2D eigenvalue weighted by Crippen LogP contribution is -2.20. The second-order valence-corrected chi connectivity index (χ2v) is 8.66. The summed E-state index contributed by atoms with van der Waals surface area (Å²) in [4.78, 5) is 2.08. The maximum Gasteiger partial charge on any atom is 0.0414 e. The molecule has 0 radical (unpaired) electrons. The fourth-order valence-electron chi connectivity index (χ4n) is 3.76. The van der Waals surface area contributed by atoms with Crippen molar-refractivity contribution in [3.63, 3.8) is 0 Å². The molecule has 0 unspecified atom stereocenters. The number of likely N-dealkylation sites (N-methyl/N-ethyl adjacent to an activating group) is 1. The van der Waals surface area contributed by atoms with Gasteiger partial charge in [0.05, 0.1) is 0 Å². The zero-order valence-corrected chi connectivity index (χ0v) is 21.7. The quantitative estimate of drug-likeness (QED) is 0.392. The number of anilines is 1. The van der Waals surface area contributed by atoms with Crippen LogP contribution >= 0.6 is 0 Å². The van der Waals surface area contributed by atoms with Crippen LogP contribution < -0.4 is 16.0 Å². The van der Waals surface area contributed by atoms with E-state index in [1.807, 2.05) is 34.1 Å². The summed E-state index contributed by atoms with van der Waals surface area (Å²) >= 11 is 0. The number of allylic oxidation sites excluding steroid dienone is 1. The molecule has 1 heterocycles. The predicted molar refractivity (Wildman–Crippen MR) is 150 cm³/mol. The number of hydrogen-bond acceptors (Lipinski definition) is 4. The fourth-order valence-corrected chi connectivity index (χ4v) is 3.76. The van der Waals surface area contributed by atoms with Crippen molar-refractivity contribution in [2.75, 3.05) is 26.0 Å². The minimum absolute atomic E-state index is 0.717. The van der Waals surface area contributed by atoms with Gasteiger partial charge in [0, 0.05) is 53.2 Å². The second-order valence-electron chi connectivity index (χ2n) is 8.66. The monoisotopic (exact) mass is 456 g/mol. The molecular weight excluding hydrogens is 416 g/mol. The zero-order valence-electron chi connectivity index (χ0n) is 21.7. The fraction of sp³-hybridized carbons (Fsp3) is 0.267. The van der Waals surface area contributed by atoms with Crippen molar-refractivity contribution in [3.8, 4) is 0 Å². The molecule has 3 N–H and O–H groups in total. The van der Waals surface area contributed by atoms with E-state index in [-0.39, 0.29) is 0 Å². The molecule has 0 aromatic heterocycles. The van der Waals surface area contributed by atoms with Crippen LogP contribution in [0, 0.1) is 13.8 Å². The van der Waals surface area contributed by atoms with Gasteiger partial charge in [-0.05, 0) is 56.3 Å². The van der Waals surface area contributed by atoms with E-state index in [1.54, 1.807) is 0 Å². The van der Waals surface area contributed by atoms with Crippen LogP contribution in [-0.2, 0) is 6.54 Å². The van der Waals surface area contributed by atoms with Crippen LogP contribution in [0.4, 0.5) is 5.69 Å². The summed E-state index contributed by atoms with van der Waals surface area (Å²) in [5.41, 5.74) is 11.5. The van der Waals surface area contributed by atoms with E-state index in [0.717, 1.165) is 57.2 Å². The molecule has 0 amide bonds. The van der Waals surface area contributed by atoms with Crippen LogP contribution in [0.25, 0.3) is 11.3 Å². The molecule has 3 rings (SSSR count). The van der Waals surface area contributed by atoms with Crippen molar-refractivity contribution in [1.82, 2.24) is 15.5 Å². The minimum atomic E-state index is 0.717. The third kappa shape index (κ3) is 6.75. The Morgan fingerprint density at radius 3 is 2.32 bits per heavy atom. The van der Waals surface area contributed by atoms with Crippen molar-refractivity contribution < 1.29 is 0 Å². The van der Waals surface area contributed by atoms with E-state index in [0.29, 0.717) is 6.54 Å². The van der Waals surface area contributed by atoms with Gasteiger partial charge in [-0.2, -0.15) is 0 Å². The highest BCUT2D eigenvalue weighted by Crippen LogP contribution is 2.33. The first kappa shape index (κ1) is 26.7. The molecule has 1 aliphatic heterocycles. The molecule has 4 nitrogen and oxygen atoms in total.